The first kappa shape index (κ1) is 15.3. The molecule has 1 aliphatic rings. The van der Waals surface area contributed by atoms with Gasteiger partial charge in [0.1, 0.15) is 0 Å². The Labute approximate surface area is 135 Å². The summed E-state index contributed by atoms with van der Waals surface area (Å²) in [5.74, 6) is 0. The van der Waals surface area contributed by atoms with E-state index in [1.165, 1.54) is 66.3 Å². The minimum absolute atomic E-state index is 1.07. The van der Waals surface area contributed by atoms with Crippen molar-refractivity contribution in [2.75, 3.05) is 0 Å². The predicted octanol–water partition coefficient (Wildman–Crippen LogP) is 5.92. The summed E-state index contributed by atoms with van der Waals surface area (Å²) in [5, 5.41) is 0. The van der Waals surface area contributed by atoms with Crippen molar-refractivity contribution in [3.05, 3.63) is 58.1 Å². The molecule has 0 nitrogen and oxygen atoms in total. The summed E-state index contributed by atoms with van der Waals surface area (Å²) in [6.45, 7) is 6.89. The van der Waals surface area contributed by atoms with Gasteiger partial charge < -0.3 is 0 Å². The second-order valence-corrected chi connectivity index (χ2v) is 6.50. The molecule has 3 rings (SSSR count). The van der Waals surface area contributed by atoms with E-state index in [2.05, 4.69) is 51.1 Å². The lowest BCUT2D eigenvalue weighted by Crippen LogP contribution is -2.05. The Morgan fingerprint density at radius 2 is 1.55 bits per heavy atom. The third kappa shape index (κ3) is 2.60. The fourth-order valence-electron chi connectivity index (χ4n) is 3.94. The largest absolute Gasteiger partial charge is 0.0651 e. The summed E-state index contributed by atoms with van der Waals surface area (Å²) < 4.78 is 0. The van der Waals surface area contributed by atoms with E-state index in [4.69, 9.17) is 0 Å². The van der Waals surface area contributed by atoms with Gasteiger partial charge in [0.25, 0.3) is 0 Å². The molecule has 0 N–H and O–H groups in total. The predicted molar refractivity (Wildman–Crippen MR) is 95.5 cm³/mol. The van der Waals surface area contributed by atoms with Crippen LogP contribution in [0.25, 0.3) is 11.1 Å². The maximum absolute atomic E-state index is 3.82. The maximum atomic E-state index is 3.82. The molecule has 0 amide bonds. The summed E-state index contributed by atoms with van der Waals surface area (Å²) in [4.78, 5) is 0. The molecule has 0 saturated heterocycles. The van der Waals surface area contributed by atoms with Crippen LogP contribution in [0.2, 0.25) is 0 Å². The van der Waals surface area contributed by atoms with Gasteiger partial charge in [0.05, 0.1) is 0 Å². The first-order valence-electron chi connectivity index (χ1n) is 8.97. The normalized spacial score (nSPS) is 12.3. The SMILES string of the molecule is CCCc1[c]c2c(c(CCC)c1CCC)-c1ccccc1C2. The second kappa shape index (κ2) is 6.69. The molecule has 115 valence electrons. The summed E-state index contributed by atoms with van der Waals surface area (Å²) in [6.07, 6.45) is 8.32. The Morgan fingerprint density at radius 3 is 2.27 bits per heavy atom. The van der Waals surface area contributed by atoms with Crippen LogP contribution in [0.3, 0.4) is 0 Å². The highest BCUT2D eigenvalue weighted by Crippen LogP contribution is 2.42. The van der Waals surface area contributed by atoms with Crippen molar-refractivity contribution in [1.82, 2.24) is 0 Å². The van der Waals surface area contributed by atoms with Gasteiger partial charge in [0, 0.05) is 0 Å². The van der Waals surface area contributed by atoms with Gasteiger partial charge >= 0.3 is 0 Å². The zero-order chi connectivity index (χ0) is 15.5. The molecule has 2 aromatic rings. The van der Waals surface area contributed by atoms with Crippen LogP contribution < -0.4 is 0 Å². The minimum Gasteiger partial charge on any atom is -0.0651 e. The van der Waals surface area contributed by atoms with E-state index in [-0.39, 0.29) is 0 Å². The van der Waals surface area contributed by atoms with Crippen LogP contribution in [0.1, 0.15) is 67.9 Å². The van der Waals surface area contributed by atoms with E-state index in [1.54, 1.807) is 11.1 Å². The number of hydrogen-bond donors (Lipinski definition) is 0. The molecule has 0 saturated carbocycles. The Kier molecular flexibility index (Phi) is 4.66. The van der Waals surface area contributed by atoms with E-state index in [0.29, 0.717) is 0 Å². The van der Waals surface area contributed by atoms with Gasteiger partial charge in [-0.2, -0.15) is 0 Å². The topological polar surface area (TPSA) is 0 Å². The molecule has 1 radical (unpaired) electrons. The molecule has 0 unspecified atom stereocenters. The maximum Gasteiger partial charge on any atom is -0.000707 e. The molecule has 0 atom stereocenters. The van der Waals surface area contributed by atoms with Gasteiger partial charge in [-0.25, -0.2) is 0 Å². The molecule has 2 aromatic carbocycles. The van der Waals surface area contributed by atoms with Crippen LogP contribution in [0.15, 0.2) is 24.3 Å². The Bertz CT molecular complexity index is 664. The van der Waals surface area contributed by atoms with Crippen LogP contribution in [0.4, 0.5) is 0 Å². The van der Waals surface area contributed by atoms with Crippen LogP contribution in [0.5, 0.6) is 0 Å². The number of aryl methyl sites for hydroxylation is 1. The molecule has 0 aliphatic heterocycles. The Hall–Kier alpha value is -1.56. The van der Waals surface area contributed by atoms with E-state index >= 15 is 0 Å². The quantitative estimate of drug-likeness (QED) is 0.529. The fourth-order valence-corrected chi connectivity index (χ4v) is 3.94. The molecule has 22 heavy (non-hydrogen) atoms. The van der Waals surface area contributed by atoms with Crippen molar-refractivity contribution >= 4 is 0 Å². The molecule has 0 heteroatoms. The summed E-state index contributed by atoms with van der Waals surface area (Å²) >= 11 is 0. The lowest BCUT2D eigenvalue weighted by Gasteiger charge is -2.19. The molecule has 0 heterocycles. The summed E-state index contributed by atoms with van der Waals surface area (Å²) in [5.41, 5.74) is 10.7. The van der Waals surface area contributed by atoms with E-state index in [9.17, 15) is 0 Å². The second-order valence-electron chi connectivity index (χ2n) is 6.50. The first-order valence-corrected chi connectivity index (χ1v) is 8.97. The van der Waals surface area contributed by atoms with Crippen LogP contribution in [-0.2, 0) is 25.7 Å². The molecule has 0 spiro atoms. The molecule has 0 bridgehead atoms. The molecule has 0 aromatic heterocycles. The molecule has 1 aliphatic carbocycles. The standard InChI is InChI=1S/C22H27/c1-4-9-16-14-18-15-17-12-7-8-13-20(17)22(18)21(11-6-3)19(16)10-5-2/h7-8,12-13H,4-6,9-11,15H2,1-3H3. The highest BCUT2D eigenvalue weighted by atomic mass is 14.3. The smallest absolute Gasteiger partial charge is 0.000707 e. The molecular formula is C22H27. The van der Waals surface area contributed by atoms with Crippen LogP contribution >= 0.6 is 0 Å². The summed E-state index contributed by atoms with van der Waals surface area (Å²) in [6, 6.07) is 12.8. The van der Waals surface area contributed by atoms with Crippen molar-refractivity contribution in [3.8, 4) is 11.1 Å². The van der Waals surface area contributed by atoms with Crippen molar-refractivity contribution in [2.45, 2.75) is 65.7 Å². The average Bonchev–Trinajstić information content (AvgIpc) is 2.89. The number of benzene rings is 2. The van der Waals surface area contributed by atoms with Crippen LogP contribution in [-0.4, -0.2) is 0 Å². The number of hydrogen-bond acceptors (Lipinski definition) is 0. The minimum atomic E-state index is 1.07. The van der Waals surface area contributed by atoms with Gasteiger partial charge in [-0.05, 0) is 70.7 Å². The van der Waals surface area contributed by atoms with Gasteiger partial charge in [0.15, 0.2) is 0 Å². The van der Waals surface area contributed by atoms with Crippen LogP contribution in [0, 0.1) is 6.07 Å². The summed E-state index contributed by atoms with van der Waals surface area (Å²) in [7, 11) is 0. The lowest BCUT2D eigenvalue weighted by molar-refractivity contribution is 0.824. The zero-order valence-corrected chi connectivity index (χ0v) is 14.3. The monoisotopic (exact) mass is 291 g/mol. The van der Waals surface area contributed by atoms with Gasteiger partial charge in [-0.3, -0.25) is 0 Å². The van der Waals surface area contributed by atoms with E-state index in [1.807, 2.05) is 0 Å². The number of rotatable bonds is 6. The molecular weight excluding hydrogens is 264 g/mol. The van der Waals surface area contributed by atoms with E-state index in [0.717, 1.165) is 6.42 Å². The Morgan fingerprint density at radius 1 is 0.864 bits per heavy atom. The van der Waals surface area contributed by atoms with Crippen molar-refractivity contribution in [3.63, 3.8) is 0 Å². The Balaban J connectivity index is 2.22. The van der Waals surface area contributed by atoms with Gasteiger partial charge in [0.2, 0.25) is 0 Å². The van der Waals surface area contributed by atoms with Gasteiger partial charge in [-0.1, -0.05) is 64.3 Å². The zero-order valence-electron chi connectivity index (χ0n) is 14.3. The number of fused-ring (bicyclic) bond motifs is 3. The first-order chi connectivity index (χ1) is 10.8. The average molecular weight is 291 g/mol. The van der Waals surface area contributed by atoms with Crippen molar-refractivity contribution in [1.29, 1.82) is 0 Å². The van der Waals surface area contributed by atoms with Crippen molar-refractivity contribution in [2.24, 2.45) is 0 Å². The highest BCUT2D eigenvalue weighted by Gasteiger charge is 2.24. The fraction of sp³-hybridized carbons (Fsp3) is 0.455. The van der Waals surface area contributed by atoms with Crippen molar-refractivity contribution < 1.29 is 0 Å². The molecule has 0 fully saturated rings. The lowest BCUT2D eigenvalue weighted by atomic mass is 9.85. The third-order valence-corrected chi connectivity index (χ3v) is 4.79. The highest BCUT2D eigenvalue weighted by molar-refractivity contribution is 5.81. The van der Waals surface area contributed by atoms with Gasteiger partial charge in [-0.15, -0.1) is 0 Å². The third-order valence-electron chi connectivity index (χ3n) is 4.79. The van der Waals surface area contributed by atoms with E-state index < -0.39 is 0 Å².